The molecule has 0 unspecified atom stereocenters. The number of amides is 1. The second-order valence-electron chi connectivity index (χ2n) is 6.53. The van der Waals surface area contributed by atoms with Crippen LogP contribution in [0.5, 0.6) is 5.75 Å². The van der Waals surface area contributed by atoms with Crippen molar-refractivity contribution in [2.24, 2.45) is 4.99 Å². The third-order valence-corrected chi connectivity index (χ3v) is 2.99. The standard InChI is InChI=1S/C18H30N4O2/c1-6-19-17(21-13-16(23)22-18(3,4)5)20-11-12-24-15-10-8-7-9-14(15)2/h7-10H,6,11-13H2,1-5H3,(H,22,23)(H2,19,20,21). The van der Waals surface area contributed by atoms with Crippen molar-refractivity contribution in [3.8, 4) is 5.75 Å². The van der Waals surface area contributed by atoms with Gasteiger partial charge in [-0.2, -0.15) is 0 Å². The van der Waals surface area contributed by atoms with Gasteiger partial charge in [-0.05, 0) is 46.2 Å². The maximum Gasteiger partial charge on any atom is 0.242 e. The molecule has 0 spiro atoms. The van der Waals surface area contributed by atoms with Crippen LogP contribution in [0.1, 0.15) is 33.3 Å². The van der Waals surface area contributed by atoms with Crippen molar-refractivity contribution in [2.75, 3.05) is 26.2 Å². The molecule has 3 N–H and O–H groups in total. The van der Waals surface area contributed by atoms with E-state index in [1.807, 2.05) is 58.9 Å². The second-order valence-corrected chi connectivity index (χ2v) is 6.53. The molecule has 0 fully saturated rings. The number of rotatable bonds is 7. The molecule has 6 nitrogen and oxygen atoms in total. The lowest BCUT2D eigenvalue weighted by Gasteiger charge is -2.20. The van der Waals surface area contributed by atoms with Gasteiger partial charge in [0.2, 0.25) is 5.91 Å². The van der Waals surface area contributed by atoms with Gasteiger partial charge in [0.15, 0.2) is 5.96 Å². The van der Waals surface area contributed by atoms with E-state index in [-0.39, 0.29) is 18.0 Å². The number of hydrogen-bond donors (Lipinski definition) is 3. The van der Waals surface area contributed by atoms with E-state index in [0.29, 0.717) is 19.1 Å². The topological polar surface area (TPSA) is 74.8 Å². The summed E-state index contributed by atoms with van der Waals surface area (Å²) < 4.78 is 5.73. The SMILES string of the molecule is CCNC(=NCC(=O)NC(C)(C)C)NCCOc1ccccc1C. The maximum atomic E-state index is 11.8. The molecule has 0 saturated carbocycles. The first-order chi connectivity index (χ1) is 11.3. The smallest absolute Gasteiger partial charge is 0.242 e. The van der Waals surface area contributed by atoms with Gasteiger partial charge in [-0.25, -0.2) is 4.99 Å². The number of carbonyl (C=O) groups is 1. The molecule has 1 amide bonds. The van der Waals surface area contributed by atoms with Crippen molar-refractivity contribution < 1.29 is 9.53 Å². The molecule has 0 aliphatic heterocycles. The zero-order chi connectivity index (χ0) is 18.0. The molecule has 134 valence electrons. The van der Waals surface area contributed by atoms with E-state index in [1.165, 1.54) is 0 Å². The lowest BCUT2D eigenvalue weighted by molar-refractivity contribution is -0.121. The normalized spacial score (nSPS) is 11.8. The molecule has 1 aromatic rings. The van der Waals surface area contributed by atoms with Crippen molar-refractivity contribution in [3.05, 3.63) is 29.8 Å². The van der Waals surface area contributed by atoms with Gasteiger partial charge in [0.05, 0.1) is 6.54 Å². The highest BCUT2D eigenvalue weighted by Crippen LogP contribution is 2.15. The molecular weight excluding hydrogens is 304 g/mol. The van der Waals surface area contributed by atoms with Gasteiger partial charge in [-0.15, -0.1) is 0 Å². The first-order valence-corrected chi connectivity index (χ1v) is 8.33. The van der Waals surface area contributed by atoms with Crippen LogP contribution in [0.3, 0.4) is 0 Å². The number of aliphatic imine (C=N–C) groups is 1. The Morgan fingerprint density at radius 1 is 1.21 bits per heavy atom. The van der Waals surface area contributed by atoms with Crippen LogP contribution in [0.2, 0.25) is 0 Å². The average molecular weight is 334 g/mol. The number of para-hydroxylation sites is 1. The fraction of sp³-hybridized carbons (Fsp3) is 0.556. The summed E-state index contributed by atoms with van der Waals surface area (Å²) in [4.78, 5) is 16.1. The molecule has 0 bridgehead atoms. The Morgan fingerprint density at radius 3 is 2.54 bits per heavy atom. The number of nitrogens with zero attached hydrogens (tertiary/aromatic N) is 1. The Kier molecular flexibility index (Phi) is 8.09. The summed E-state index contributed by atoms with van der Waals surface area (Å²) in [6, 6.07) is 7.90. The highest BCUT2D eigenvalue weighted by molar-refractivity contribution is 5.85. The zero-order valence-electron chi connectivity index (χ0n) is 15.4. The summed E-state index contributed by atoms with van der Waals surface area (Å²) in [5.74, 6) is 1.39. The Morgan fingerprint density at radius 2 is 1.92 bits per heavy atom. The molecular formula is C18H30N4O2. The van der Waals surface area contributed by atoms with Crippen molar-refractivity contribution in [2.45, 2.75) is 40.2 Å². The number of carbonyl (C=O) groups excluding carboxylic acids is 1. The van der Waals surface area contributed by atoms with Crippen LogP contribution in [-0.2, 0) is 4.79 Å². The van der Waals surface area contributed by atoms with Gasteiger partial charge in [0, 0.05) is 12.1 Å². The highest BCUT2D eigenvalue weighted by atomic mass is 16.5. The second kappa shape index (κ2) is 9.80. The molecule has 1 rings (SSSR count). The molecule has 0 radical (unpaired) electrons. The van der Waals surface area contributed by atoms with Crippen molar-refractivity contribution in [1.82, 2.24) is 16.0 Å². The minimum atomic E-state index is -0.250. The zero-order valence-corrected chi connectivity index (χ0v) is 15.4. The van der Waals surface area contributed by atoms with E-state index in [0.717, 1.165) is 17.9 Å². The van der Waals surface area contributed by atoms with Crippen LogP contribution >= 0.6 is 0 Å². The first kappa shape index (κ1) is 19.8. The van der Waals surface area contributed by atoms with Crippen LogP contribution in [0.25, 0.3) is 0 Å². The number of hydrogen-bond acceptors (Lipinski definition) is 3. The summed E-state index contributed by atoms with van der Waals surface area (Å²) in [7, 11) is 0. The van der Waals surface area contributed by atoms with Gasteiger partial charge >= 0.3 is 0 Å². The summed E-state index contributed by atoms with van der Waals surface area (Å²) in [6.07, 6.45) is 0. The Balaban J connectivity index is 2.41. The van der Waals surface area contributed by atoms with E-state index in [1.54, 1.807) is 0 Å². The minimum Gasteiger partial charge on any atom is -0.491 e. The van der Waals surface area contributed by atoms with E-state index in [4.69, 9.17) is 4.74 Å². The first-order valence-electron chi connectivity index (χ1n) is 8.33. The molecule has 6 heteroatoms. The predicted octanol–water partition coefficient (Wildman–Crippen LogP) is 1.84. The summed E-state index contributed by atoms with van der Waals surface area (Å²) >= 11 is 0. The van der Waals surface area contributed by atoms with Crippen LogP contribution in [-0.4, -0.2) is 43.6 Å². The van der Waals surface area contributed by atoms with Gasteiger partial charge < -0.3 is 20.7 Å². The van der Waals surface area contributed by atoms with Crippen molar-refractivity contribution in [3.63, 3.8) is 0 Å². The summed E-state index contributed by atoms with van der Waals surface area (Å²) in [5.41, 5.74) is 0.858. The summed E-state index contributed by atoms with van der Waals surface area (Å²) in [5, 5.41) is 9.16. The number of benzene rings is 1. The number of nitrogens with one attached hydrogen (secondary N) is 3. The van der Waals surface area contributed by atoms with E-state index < -0.39 is 0 Å². The van der Waals surface area contributed by atoms with Crippen LogP contribution in [0, 0.1) is 6.92 Å². The molecule has 24 heavy (non-hydrogen) atoms. The van der Waals surface area contributed by atoms with Gasteiger partial charge in [-0.1, -0.05) is 18.2 Å². The summed E-state index contributed by atoms with van der Waals surface area (Å²) in [6.45, 7) is 11.8. The molecule has 0 heterocycles. The predicted molar refractivity (Wildman–Crippen MR) is 98.6 cm³/mol. The van der Waals surface area contributed by atoms with Crippen molar-refractivity contribution >= 4 is 11.9 Å². The van der Waals surface area contributed by atoms with Gasteiger partial charge in [0.25, 0.3) is 0 Å². The molecule has 0 aliphatic carbocycles. The Hall–Kier alpha value is -2.24. The molecule has 0 aliphatic rings. The monoisotopic (exact) mass is 334 g/mol. The lowest BCUT2D eigenvalue weighted by Crippen LogP contribution is -2.43. The molecule has 0 atom stereocenters. The van der Waals surface area contributed by atoms with Gasteiger partial charge in [-0.3, -0.25) is 4.79 Å². The number of ether oxygens (including phenoxy) is 1. The van der Waals surface area contributed by atoms with Crippen LogP contribution in [0.4, 0.5) is 0 Å². The fourth-order valence-corrected chi connectivity index (χ4v) is 2.00. The Labute approximate surface area is 145 Å². The minimum absolute atomic E-state index is 0.0885. The van der Waals surface area contributed by atoms with E-state index in [2.05, 4.69) is 20.9 Å². The van der Waals surface area contributed by atoms with Gasteiger partial charge in [0.1, 0.15) is 18.9 Å². The largest absolute Gasteiger partial charge is 0.491 e. The van der Waals surface area contributed by atoms with Crippen LogP contribution in [0.15, 0.2) is 29.3 Å². The highest BCUT2D eigenvalue weighted by Gasteiger charge is 2.13. The molecule has 0 saturated heterocycles. The number of guanidine groups is 1. The van der Waals surface area contributed by atoms with Crippen LogP contribution < -0.4 is 20.7 Å². The number of aryl methyl sites for hydroxylation is 1. The maximum absolute atomic E-state index is 11.8. The lowest BCUT2D eigenvalue weighted by atomic mass is 10.1. The third kappa shape index (κ3) is 8.41. The fourth-order valence-electron chi connectivity index (χ4n) is 2.00. The third-order valence-electron chi connectivity index (χ3n) is 2.99. The Bertz CT molecular complexity index is 550. The van der Waals surface area contributed by atoms with E-state index >= 15 is 0 Å². The molecule has 0 aromatic heterocycles. The van der Waals surface area contributed by atoms with Crippen molar-refractivity contribution in [1.29, 1.82) is 0 Å². The van der Waals surface area contributed by atoms with E-state index in [9.17, 15) is 4.79 Å². The molecule has 1 aromatic carbocycles. The average Bonchev–Trinajstić information content (AvgIpc) is 2.49. The quantitative estimate of drug-likeness (QED) is 0.404.